The molecule has 2 amide bonds. The summed E-state index contributed by atoms with van der Waals surface area (Å²) in [5.41, 5.74) is 0.213. The first-order valence-electron chi connectivity index (χ1n) is 7.66. The third kappa shape index (κ3) is 8.04. The zero-order chi connectivity index (χ0) is 22.4. The van der Waals surface area contributed by atoms with Gasteiger partial charge in [0.05, 0.1) is 11.6 Å². The molecule has 0 atom stereocenters. The number of rotatable bonds is 6. The highest BCUT2D eigenvalue weighted by Crippen LogP contribution is 2.23. The van der Waals surface area contributed by atoms with Crippen LogP contribution in [-0.2, 0) is 0 Å². The number of hydrogen-bond donors (Lipinski definition) is 2. The minimum absolute atomic E-state index is 0.00970. The number of carbonyl (C=O) groups is 1. The molecular formula is C15H10F6N6O3. The van der Waals surface area contributed by atoms with E-state index in [-0.39, 0.29) is 11.4 Å². The lowest BCUT2D eigenvalue weighted by Gasteiger charge is -2.13. The molecule has 0 saturated heterocycles. The summed E-state index contributed by atoms with van der Waals surface area (Å²) in [5.74, 6) is -2.28. The van der Waals surface area contributed by atoms with Crippen LogP contribution in [0.2, 0.25) is 0 Å². The smallest absolute Gasteiger partial charge is 0.422 e. The zero-order valence-electron chi connectivity index (χ0n) is 14.5. The Bertz CT molecular complexity index is 890. The van der Waals surface area contributed by atoms with Crippen LogP contribution in [0, 0.1) is 11.3 Å². The van der Waals surface area contributed by atoms with Gasteiger partial charge in [-0.1, -0.05) is 0 Å². The van der Waals surface area contributed by atoms with Gasteiger partial charge < -0.3 is 9.47 Å². The van der Waals surface area contributed by atoms with Crippen molar-refractivity contribution >= 4 is 17.8 Å². The van der Waals surface area contributed by atoms with Crippen LogP contribution in [0.5, 0.6) is 11.8 Å². The van der Waals surface area contributed by atoms with E-state index in [1.807, 2.05) is 5.32 Å². The van der Waals surface area contributed by atoms with Gasteiger partial charge in [-0.05, 0) is 12.1 Å². The molecule has 0 fully saturated rings. The van der Waals surface area contributed by atoms with Crippen LogP contribution in [0.4, 0.5) is 42.9 Å². The molecule has 30 heavy (non-hydrogen) atoms. The largest absolute Gasteiger partial charge is 0.468 e. The van der Waals surface area contributed by atoms with Crippen molar-refractivity contribution in [2.45, 2.75) is 12.4 Å². The Balaban J connectivity index is 2.14. The monoisotopic (exact) mass is 436 g/mol. The fraction of sp³-hybridized carbons (Fsp3) is 0.267. The molecule has 2 N–H and O–H groups in total. The number of anilines is 2. The Kier molecular flexibility index (Phi) is 6.82. The molecule has 160 valence electrons. The molecule has 0 aliphatic rings. The molecule has 0 unspecified atom stereocenters. The highest BCUT2D eigenvalue weighted by atomic mass is 19.4. The first kappa shape index (κ1) is 22.5. The van der Waals surface area contributed by atoms with E-state index >= 15 is 0 Å². The molecule has 2 rings (SSSR count). The molecule has 0 radical (unpaired) electrons. The van der Waals surface area contributed by atoms with Crippen LogP contribution in [0.25, 0.3) is 0 Å². The average molecular weight is 436 g/mol. The molecule has 2 heterocycles. The number of amides is 2. The molecule has 2 aromatic rings. The number of aromatic nitrogens is 3. The van der Waals surface area contributed by atoms with E-state index in [2.05, 4.69) is 29.7 Å². The van der Waals surface area contributed by atoms with Crippen LogP contribution in [0.1, 0.15) is 5.56 Å². The van der Waals surface area contributed by atoms with Crippen molar-refractivity contribution < 1.29 is 40.6 Å². The van der Waals surface area contributed by atoms with Crippen LogP contribution in [0.15, 0.2) is 24.4 Å². The van der Waals surface area contributed by atoms with Gasteiger partial charge in [0, 0.05) is 6.20 Å². The van der Waals surface area contributed by atoms with E-state index in [0.29, 0.717) is 6.07 Å². The highest BCUT2D eigenvalue weighted by Gasteiger charge is 2.30. The molecule has 9 nitrogen and oxygen atoms in total. The number of nitrogens with zero attached hydrogens (tertiary/aromatic N) is 4. The zero-order valence-corrected chi connectivity index (χ0v) is 14.5. The Morgan fingerprint density at radius 3 is 2.00 bits per heavy atom. The normalized spacial score (nSPS) is 11.4. The summed E-state index contributed by atoms with van der Waals surface area (Å²) in [6, 6.07) is 4.00. The van der Waals surface area contributed by atoms with Crippen LogP contribution in [-0.4, -0.2) is 46.5 Å². The fourth-order valence-corrected chi connectivity index (χ4v) is 1.70. The number of halogens is 6. The van der Waals surface area contributed by atoms with E-state index < -0.39 is 49.3 Å². The predicted octanol–water partition coefficient (Wildman–Crippen LogP) is 3.27. The summed E-state index contributed by atoms with van der Waals surface area (Å²) >= 11 is 0. The number of hydrogen-bond acceptors (Lipinski definition) is 7. The molecule has 0 aliphatic heterocycles. The minimum atomic E-state index is -4.75. The number of urea groups is 1. The maximum atomic E-state index is 12.3. The van der Waals surface area contributed by atoms with Crippen molar-refractivity contribution in [3.05, 3.63) is 30.0 Å². The Hall–Kier alpha value is -3.83. The average Bonchev–Trinajstić information content (AvgIpc) is 2.64. The lowest BCUT2D eigenvalue weighted by molar-refractivity contribution is -0.154. The van der Waals surface area contributed by atoms with E-state index in [1.165, 1.54) is 12.1 Å². The second-order valence-electron chi connectivity index (χ2n) is 5.30. The Morgan fingerprint density at radius 2 is 1.57 bits per heavy atom. The topological polar surface area (TPSA) is 122 Å². The van der Waals surface area contributed by atoms with Crippen molar-refractivity contribution in [1.29, 1.82) is 5.26 Å². The van der Waals surface area contributed by atoms with Gasteiger partial charge in [-0.15, -0.1) is 0 Å². The molecule has 0 bridgehead atoms. The predicted molar refractivity (Wildman–Crippen MR) is 86.7 cm³/mol. The third-order valence-electron chi connectivity index (χ3n) is 2.81. The molecule has 0 spiro atoms. The summed E-state index contributed by atoms with van der Waals surface area (Å²) < 4.78 is 82.5. The lowest BCUT2D eigenvalue weighted by atomic mass is 10.3. The number of nitriles is 1. The fourth-order valence-electron chi connectivity index (χ4n) is 1.70. The number of ether oxygens (including phenoxy) is 2. The van der Waals surface area contributed by atoms with Gasteiger partial charge in [0.25, 0.3) is 0 Å². The summed E-state index contributed by atoms with van der Waals surface area (Å²) in [7, 11) is 0. The molecule has 0 aliphatic carbocycles. The second-order valence-corrected chi connectivity index (χ2v) is 5.30. The van der Waals surface area contributed by atoms with E-state index in [9.17, 15) is 31.1 Å². The number of pyridine rings is 1. The Morgan fingerprint density at radius 1 is 1.00 bits per heavy atom. The number of nitrogens with one attached hydrogen (secondary N) is 2. The first-order chi connectivity index (χ1) is 13.9. The van der Waals surface area contributed by atoms with Gasteiger partial charge in [-0.3, -0.25) is 10.6 Å². The van der Waals surface area contributed by atoms with Crippen molar-refractivity contribution in [3.8, 4) is 17.8 Å². The van der Waals surface area contributed by atoms with Crippen LogP contribution >= 0.6 is 0 Å². The second kappa shape index (κ2) is 9.11. The minimum Gasteiger partial charge on any atom is -0.468 e. The van der Waals surface area contributed by atoms with Gasteiger partial charge in [0.2, 0.25) is 17.7 Å². The quantitative estimate of drug-likeness (QED) is 0.667. The maximum Gasteiger partial charge on any atom is 0.422 e. The van der Waals surface area contributed by atoms with Crippen LogP contribution < -0.4 is 20.1 Å². The van der Waals surface area contributed by atoms with Crippen molar-refractivity contribution in [2.75, 3.05) is 23.8 Å². The van der Waals surface area contributed by atoms with Gasteiger partial charge in [-0.25, -0.2) is 9.78 Å². The summed E-state index contributed by atoms with van der Waals surface area (Å²) in [6.07, 6.45) is -8.34. The molecule has 0 aromatic carbocycles. The van der Waals surface area contributed by atoms with Gasteiger partial charge >= 0.3 is 18.4 Å². The lowest BCUT2D eigenvalue weighted by Crippen LogP contribution is -2.24. The summed E-state index contributed by atoms with van der Waals surface area (Å²) in [4.78, 5) is 22.6. The maximum absolute atomic E-state index is 12.3. The van der Waals surface area contributed by atoms with Crippen molar-refractivity contribution in [1.82, 2.24) is 15.0 Å². The van der Waals surface area contributed by atoms with Crippen molar-refractivity contribution in [3.63, 3.8) is 0 Å². The third-order valence-corrected chi connectivity index (χ3v) is 2.81. The molecule has 0 saturated carbocycles. The van der Waals surface area contributed by atoms with E-state index in [1.54, 1.807) is 6.07 Å². The molecule has 15 heteroatoms. The standard InChI is InChI=1S/C15H10F6N6O3/c16-14(17,18)6-29-10-3-11(30-7-15(19,20)21)26-12(25-10)27-13(28)24-9-2-1-8(4-22)5-23-9/h1-3,5H,6-7H2,(H2,23,24,25,26,27,28). The SMILES string of the molecule is N#Cc1ccc(NC(=O)Nc2nc(OCC(F)(F)F)cc(OCC(F)(F)F)n2)nc1. The summed E-state index contributed by atoms with van der Waals surface area (Å²) in [6.45, 7) is -3.58. The first-order valence-corrected chi connectivity index (χ1v) is 7.66. The van der Waals surface area contributed by atoms with Crippen LogP contribution in [0.3, 0.4) is 0 Å². The number of carbonyl (C=O) groups excluding carboxylic acids is 1. The molecular weight excluding hydrogens is 426 g/mol. The Labute approximate surface area is 163 Å². The molecule has 2 aromatic heterocycles. The van der Waals surface area contributed by atoms with Gasteiger partial charge in [0.1, 0.15) is 11.9 Å². The van der Waals surface area contributed by atoms with Crippen molar-refractivity contribution in [2.24, 2.45) is 0 Å². The summed E-state index contributed by atoms with van der Waals surface area (Å²) in [5, 5.41) is 12.9. The highest BCUT2D eigenvalue weighted by molar-refractivity contribution is 5.98. The number of alkyl halides is 6. The van der Waals surface area contributed by atoms with E-state index in [4.69, 9.17) is 5.26 Å². The van der Waals surface area contributed by atoms with E-state index in [0.717, 1.165) is 6.20 Å². The van der Waals surface area contributed by atoms with Gasteiger partial charge in [0.15, 0.2) is 13.2 Å². The van der Waals surface area contributed by atoms with Gasteiger partial charge in [-0.2, -0.15) is 41.6 Å².